The minimum absolute atomic E-state index is 0.0204. The molecule has 4 saturated carbocycles. The standard InChI is InChI=1S/C71H87BN2S/c1-41-27-50-53(69(13,14)25-23-66(50,7)8)36-56(41)74-57-37-54-52(68(11,12)24-26-70(54,15)16)35-55(57)72-61-58(32-46(33-59(61)74)71-38-42-28-43(39-71)30-44(29-42)40-71)73(47-18-19-49-51(34-47)67(9,10)22-21-65(49,5)6)62-48-31-45(64(2,3)4)17-20-60(48)75-63(62)72/h17-20,27,31-37,42-44H,21-26,28-30,38-40H2,1-16H3. The molecule has 0 N–H and O–H groups in total. The molecule has 4 fully saturated rings. The lowest BCUT2D eigenvalue weighted by Crippen LogP contribution is -2.61. The molecule has 0 spiro atoms. The third kappa shape index (κ3) is 7.00. The fourth-order valence-corrected chi connectivity index (χ4v) is 19.3. The zero-order chi connectivity index (χ0) is 52.7. The van der Waals surface area contributed by atoms with Crippen LogP contribution in [0.25, 0.3) is 10.1 Å². The summed E-state index contributed by atoms with van der Waals surface area (Å²) in [5, 5.41) is 1.42. The number of fused-ring (bicyclic) bond motifs is 9. The Bertz CT molecular complexity index is 3420. The summed E-state index contributed by atoms with van der Waals surface area (Å²) in [6, 6.07) is 32.0. The van der Waals surface area contributed by atoms with Gasteiger partial charge in [-0.3, -0.25) is 0 Å². The lowest BCUT2D eigenvalue weighted by Gasteiger charge is -2.57. The zero-order valence-electron chi connectivity index (χ0n) is 49.0. The second-order valence-electron chi connectivity index (χ2n) is 31.7. The lowest BCUT2D eigenvalue weighted by atomic mass is 9.35. The van der Waals surface area contributed by atoms with Crippen LogP contribution in [0.3, 0.4) is 0 Å². The van der Waals surface area contributed by atoms with Crippen molar-refractivity contribution < 1.29 is 0 Å². The van der Waals surface area contributed by atoms with Gasteiger partial charge in [-0.2, -0.15) is 0 Å². The second kappa shape index (κ2) is 15.3. The van der Waals surface area contributed by atoms with Crippen LogP contribution >= 0.6 is 11.3 Å². The van der Waals surface area contributed by atoms with E-state index < -0.39 is 0 Å². The van der Waals surface area contributed by atoms with Crippen LogP contribution in [0.15, 0.2) is 72.8 Å². The molecule has 390 valence electrons. The average molecular weight is 1010 g/mol. The summed E-state index contributed by atoms with van der Waals surface area (Å²) in [6.45, 7) is 40.1. The summed E-state index contributed by atoms with van der Waals surface area (Å²) in [4.78, 5) is 5.77. The largest absolute Gasteiger partial charge is 0.311 e. The van der Waals surface area contributed by atoms with Gasteiger partial charge in [0.1, 0.15) is 0 Å². The third-order valence-corrected chi connectivity index (χ3v) is 23.9. The highest BCUT2D eigenvalue weighted by Gasteiger charge is 2.55. The molecule has 5 aromatic carbocycles. The van der Waals surface area contributed by atoms with E-state index in [1.807, 2.05) is 0 Å². The van der Waals surface area contributed by atoms with Gasteiger partial charge in [0.25, 0.3) is 6.71 Å². The first kappa shape index (κ1) is 49.1. The minimum atomic E-state index is 0.0204. The first-order valence-corrected chi connectivity index (χ1v) is 30.7. The number of nitrogens with zero attached hydrogens (tertiary/aromatic N) is 2. The molecule has 4 heteroatoms. The van der Waals surface area contributed by atoms with Gasteiger partial charge < -0.3 is 9.80 Å². The van der Waals surface area contributed by atoms with E-state index in [9.17, 15) is 0 Å². The van der Waals surface area contributed by atoms with E-state index in [4.69, 9.17) is 0 Å². The zero-order valence-corrected chi connectivity index (χ0v) is 49.8. The van der Waals surface area contributed by atoms with Crippen molar-refractivity contribution in [3.8, 4) is 0 Å². The normalized spacial score (nSPS) is 27.3. The van der Waals surface area contributed by atoms with Crippen molar-refractivity contribution in [1.29, 1.82) is 0 Å². The lowest BCUT2D eigenvalue weighted by molar-refractivity contribution is -0.00514. The monoisotopic (exact) mass is 1010 g/mol. The van der Waals surface area contributed by atoms with Gasteiger partial charge in [0.15, 0.2) is 0 Å². The van der Waals surface area contributed by atoms with Gasteiger partial charge in [-0.15, -0.1) is 11.3 Å². The predicted molar refractivity (Wildman–Crippen MR) is 325 cm³/mol. The van der Waals surface area contributed by atoms with Crippen LogP contribution in [0.1, 0.15) is 231 Å². The van der Waals surface area contributed by atoms with Crippen LogP contribution in [-0.2, 0) is 43.3 Å². The Hall–Kier alpha value is -4.28. The van der Waals surface area contributed by atoms with E-state index in [0.717, 1.165) is 17.8 Å². The first-order chi connectivity index (χ1) is 35.1. The van der Waals surface area contributed by atoms with Gasteiger partial charge in [-0.1, -0.05) is 128 Å². The van der Waals surface area contributed by atoms with E-state index in [0.29, 0.717) is 0 Å². The molecule has 15 rings (SSSR count). The molecule has 6 aromatic rings. The number of hydrogen-bond acceptors (Lipinski definition) is 3. The molecule has 0 saturated heterocycles. The Morgan fingerprint density at radius 1 is 0.493 bits per heavy atom. The fraction of sp³-hybridized carbons (Fsp3) is 0.549. The molecule has 0 unspecified atom stereocenters. The van der Waals surface area contributed by atoms with Gasteiger partial charge in [0, 0.05) is 43.3 Å². The molecule has 2 nitrogen and oxygen atoms in total. The summed E-state index contributed by atoms with van der Waals surface area (Å²) in [7, 11) is 0. The smallest absolute Gasteiger partial charge is 0.264 e. The van der Waals surface area contributed by atoms with Gasteiger partial charge in [0.2, 0.25) is 0 Å². The molecule has 0 amide bonds. The number of aryl methyl sites for hydroxylation is 1. The van der Waals surface area contributed by atoms with Crippen molar-refractivity contribution in [3.63, 3.8) is 0 Å². The molecule has 1 aromatic heterocycles. The van der Waals surface area contributed by atoms with Crippen LogP contribution in [-0.4, -0.2) is 6.71 Å². The highest BCUT2D eigenvalue weighted by Crippen LogP contribution is 2.63. The van der Waals surface area contributed by atoms with Crippen LogP contribution in [0.5, 0.6) is 0 Å². The second-order valence-corrected chi connectivity index (χ2v) is 32.8. The number of hydrogen-bond donors (Lipinski definition) is 0. The summed E-state index contributed by atoms with van der Waals surface area (Å²) in [5.74, 6) is 2.55. The molecule has 75 heavy (non-hydrogen) atoms. The van der Waals surface area contributed by atoms with Gasteiger partial charge in [-0.05, 0) is 255 Å². The quantitative estimate of drug-likeness (QED) is 0.163. The van der Waals surface area contributed by atoms with Gasteiger partial charge >= 0.3 is 0 Å². The van der Waals surface area contributed by atoms with E-state index in [1.54, 1.807) is 33.4 Å². The van der Waals surface area contributed by atoms with Gasteiger partial charge in [0.05, 0.1) is 5.69 Å². The van der Waals surface area contributed by atoms with Crippen molar-refractivity contribution >= 4 is 78.0 Å². The van der Waals surface area contributed by atoms with E-state index in [-0.39, 0.29) is 50.0 Å². The number of thiophene rings is 1. The van der Waals surface area contributed by atoms with E-state index in [1.165, 1.54) is 154 Å². The molecular weight excluding hydrogens is 924 g/mol. The number of benzene rings is 5. The molecule has 3 heterocycles. The number of anilines is 6. The predicted octanol–water partition coefficient (Wildman–Crippen LogP) is 18.1. The van der Waals surface area contributed by atoms with Crippen LogP contribution in [0, 0.1) is 24.7 Å². The summed E-state index contributed by atoms with van der Waals surface area (Å²) < 4.78 is 2.93. The maximum atomic E-state index is 2.90. The van der Waals surface area contributed by atoms with Crippen molar-refractivity contribution in [2.75, 3.05) is 9.80 Å². The van der Waals surface area contributed by atoms with Crippen LogP contribution in [0.2, 0.25) is 0 Å². The topological polar surface area (TPSA) is 6.48 Å². The van der Waals surface area contributed by atoms with Crippen molar-refractivity contribution in [2.45, 2.75) is 231 Å². The summed E-state index contributed by atoms with van der Waals surface area (Å²) in [6.07, 6.45) is 15.6. The highest BCUT2D eigenvalue weighted by molar-refractivity contribution is 7.33. The van der Waals surface area contributed by atoms with Crippen molar-refractivity contribution in [2.24, 2.45) is 17.8 Å². The van der Waals surface area contributed by atoms with E-state index >= 15 is 0 Å². The Morgan fingerprint density at radius 2 is 0.973 bits per heavy atom. The van der Waals surface area contributed by atoms with Crippen LogP contribution < -0.4 is 25.5 Å². The Labute approximate surface area is 457 Å². The minimum Gasteiger partial charge on any atom is -0.311 e. The van der Waals surface area contributed by atoms with Crippen molar-refractivity contribution in [1.82, 2.24) is 0 Å². The Balaban J connectivity index is 1.14. The van der Waals surface area contributed by atoms with Crippen LogP contribution in [0.4, 0.5) is 34.1 Å². The average Bonchev–Trinajstić information content (AvgIpc) is 3.78. The molecule has 2 aliphatic heterocycles. The SMILES string of the molecule is Cc1cc2c(cc1N1c3cc4c(cc3B3c5sc6ccc(C(C)(C)C)cc6c5N(c5ccc6c(c5)C(C)(C)CCC6(C)C)c5cc(C67CC8CC(CC(C8)C6)C7)cc1c53)C(C)(C)CCC4(C)C)C(C)(C)CCC2(C)C. The fourth-order valence-electron chi connectivity index (χ4n) is 18.0. The third-order valence-electron chi connectivity index (χ3n) is 22.7. The van der Waals surface area contributed by atoms with E-state index in [2.05, 4.69) is 205 Å². The maximum absolute atomic E-state index is 2.90. The maximum Gasteiger partial charge on any atom is 0.264 e. The molecule has 0 radical (unpaired) electrons. The Morgan fingerprint density at radius 3 is 1.52 bits per heavy atom. The Kier molecular flexibility index (Phi) is 10.0. The first-order valence-electron chi connectivity index (χ1n) is 29.9. The summed E-state index contributed by atoms with van der Waals surface area (Å²) >= 11 is 2.09. The van der Waals surface area contributed by atoms with Gasteiger partial charge in [-0.25, -0.2) is 0 Å². The molecule has 4 bridgehead atoms. The number of rotatable bonds is 3. The molecule has 0 atom stereocenters. The van der Waals surface area contributed by atoms with Crippen molar-refractivity contribution in [3.05, 3.63) is 123 Å². The molecule has 7 aliphatic carbocycles. The summed E-state index contributed by atoms with van der Waals surface area (Å²) in [5.41, 5.74) is 26.1. The molecule has 9 aliphatic rings. The highest BCUT2D eigenvalue weighted by atomic mass is 32.1. The molecular formula is C71H87BN2S.